The maximum Gasteiger partial charge on any atom is 0.0796 e. The molecular formula is C23H37NO6. The van der Waals surface area contributed by atoms with Crippen molar-refractivity contribution < 1.29 is 29.9 Å². The zero-order chi connectivity index (χ0) is 21.2. The van der Waals surface area contributed by atoms with Gasteiger partial charge in [0.25, 0.3) is 0 Å². The van der Waals surface area contributed by atoms with Gasteiger partial charge in [-0.2, -0.15) is 0 Å². The summed E-state index contributed by atoms with van der Waals surface area (Å²) in [4.78, 5) is 2.42. The Morgan fingerprint density at radius 2 is 1.87 bits per heavy atom. The molecule has 7 nitrogen and oxygen atoms in total. The van der Waals surface area contributed by atoms with E-state index in [0.717, 1.165) is 25.9 Å². The van der Waals surface area contributed by atoms with Crippen LogP contribution in [0.5, 0.6) is 0 Å². The van der Waals surface area contributed by atoms with Crippen LogP contribution in [-0.4, -0.2) is 95.3 Å². The molecule has 6 aliphatic rings. The minimum absolute atomic E-state index is 0.0158. The molecule has 13 atom stereocenters. The van der Waals surface area contributed by atoms with Gasteiger partial charge in [0.1, 0.15) is 0 Å². The molecule has 1 aliphatic heterocycles. The second-order valence-electron chi connectivity index (χ2n) is 11.3. The van der Waals surface area contributed by atoms with Crippen LogP contribution in [0.4, 0.5) is 0 Å². The molecule has 6 rings (SSSR count). The first-order chi connectivity index (χ1) is 14.3. The summed E-state index contributed by atoms with van der Waals surface area (Å²) in [6.45, 7) is 4.34. The minimum atomic E-state index is -1.18. The molecule has 5 aliphatic carbocycles. The summed E-state index contributed by atoms with van der Waals surface area (Å²) in [5.41, 5.74) is -1.92. The molecular weight excluding hydrogens is 386 g/mol. The number of rotatable bonds is 4. The van der Waals surface area contributed by atoms with E-state index in [9.17, 15) is 20.4 Å². The predicted molar refractivity (Wildman–Crippen MR) is 107 cm³/mol. The van der Waals surface area contributed by atoms with Crippen LogP contribution in [0.2, 0.25) is 0 Å². The van der Waals surface area contributed by atoms with E-state index in [0.29, 0.717) is 19.4 Å². The number of hydrogen-bond acceptors (Lipinski definition) is 7. The summed E-state index contributed by atoms with van der Waals surface area (Å²) in [5, 5.41) is 47.2. The van der Waals surface area contributed by atoms with E-state index >= 15 is 0 Å². The monoisotopic (exact) mass is 423 g/mol. The fourth-order valence-electron chi connectivity index (χ4n) is 10.4. The number of hydrogen-bond donors (Lipinski definition) is 4. The smallest absolute Gasteiger partial charge is 0.0796 e. The number of nitrogens with zero attached hydrogens (tertiary/aromatic N) is 1. The number of methoxy groups -OCH3 is 2. The van der Waals surface area contributed by atoms with Gasteiger partial charge in [-0.15, -0.1) is 0 Å². The standard InChI is InChI=1S/C23H37NO6/c1-4-24-9-21(10-29-2)6-5-14(25)23-12-7-11-13(30-3)8-22(28,15(12)17(11)26)16(20(23)24)18(27)19(21)23/h11-20,25-28H,4-10H2,1-3H3. The van der Waals surface area contributed by atoms with Crippen molar-refractivity contribution in [3.63, 3.8) is 0 Å². The highest BCUT2D eigenvalue weighted by atomic mass is 16.5. The van der Waals surface area contributed by atoms with Crippen molar-refractivity contribution >= 4 is 0 Å². The van der Waals surface area contributed by atoms with Crippen LogP contribution in [0.25, 0.3) is 0 Å². The quantitative estimate of drug-likeness (QED) is 0.499. The van der Waals surface area contributed by atoms with Crippen molar-refractivity contribution in [1.82, 2.24) is 4.90 Å². The fourth-order valence-corrected chi connectivity index (χ4v) is 10.4. The predicted octanol–water partition coefficient (Wildman–Crippen LogP) is -0.152. The maximum absolute atomic E-state index is 12.3. The molecule has 6 fully saturated rings. The highest BCUT2D eigenvalue weighted by Crippen LogP contribution is 2.78. The van der Waals surface area contributed by atoms with Gasteiger partial charge in [-0.1, -0.05) is 6.92 Å². The van der Waals surface area contributed by atoms with Crippen LogP contribution in [0.1, 0.15) is 32.6 Å². The average Bonchev–Trinajstić information content (AvgIpc) is 3.11. The Balaban J connectivity index is 1.61. The summed E-state index contributed by atoms with van der Waals surface area (Å²) < 4.78 is 11.5. The Morgan fingerprint density at radius 1 is 1.10 bits per heavy atom. The first-order valence-electron chi connectivity index (χ1n) is 11.8. The van der Waals surface area contributed by atoms with Crippen LogP contribution < -0.4 is 0 Å². The minimum Gasteiger partial charge on any atom is -0.392 e. The van der Waals surface area contributed by atoms with Crippen LogP contribution in [0, 0.1) is 40.4 Å². The molecule has 5 saturated carbocycles. The summed E-state index contributed by atoms with van der Waals surface area (Å²) >= 11 is 0. The second kappa shape index (κ2) is 6.19. The molecule has 1 spiro atoms. The van der Waals surface area contributed by atoms with Gasteiger partial charge in [-0.25, -0.2) is 0 Å². The summed E-state index contributed by atoms with van der Waals surface area (Å²) in [6, 6.07) is -0.0735. The van der Waals surface area contributed by atoms with Gasteiger partial charge in [0.15, 0.2) is 0 Å². The highest BCUT2D eigenvalue weighted by molar-refractivity contribution is 5.35. The molecule has 0 aromatic heterocycles. The number of aliphatic hydroxyl groups is 4. The molecule has 13 unspecified atom stereocenters. The maximum atomic E-state index is 12.3. The Kier molecular flexibility index (Phi) is 4.19. The van der Waals surface area contributed by atoms with Crippen molar-refractivity contribution in [2.75, 3.05) is 33.9 Å². The first-order valence-corrected chi connectivity index (χ1v) is 11.8. The molecule has 0 radical (unpaired) electrons. The molecule has 170 valence electrons. The third-order valence-corrected chi connectivity index (χ3v) is 10.9. The Hall–Kier alpha value is -0.280. The molecule has 7 bridgehead atoms. The van der Waals surface area contributed by atoms with Crippen molar-refractivity contribution in [3.8, 4) is 0 Å². The molecule has 30 heavy (non-hydrogen) atoms. The van der Waals surface area contributed by atoms with Gasteiger partial charge < -0.3 is 29.9 Å². The molecule has 0 aromatic carbocycles. The van der Waals surface area contributed by atoms with E-state index in [1.807, 2.05) is 0 Å². The zero-order valence-corrected chi connectivity index (χ0v) is 18.3. The lowest BCUT2D eigenvalue weighted by Crippen LogP contribution is -2.76. The topological polar surface area (TPSA) is 103 Å². The fraction of sp³-hybridized carbons (Fsp3) is 1.00. The third kappa shape index (κ3) is 1.91. The van der Waals surface area contributed by atoms with Gasteiger partial charge in [-0.05, 0) is 31.7 Å². The van der Waals surface area contributed by atoms with E-state index < -0.39 is 29.3 Å². The Labute approximate surface area is 178 Å². The number of piperidine rings is 1. The van der Waals surface area contributed by atoms with Crippen molar-refractivity contribution in [2.45, 2.75) is 68.7 Å². The van der Waals surface area contributed by atoms with Crippen molar-refractivity contribution in [3.05, 3.63) is 0 Å². The zero-order valence-electron chi connectivity index (χ0n) is 18.3. The molecule has 4 N–H and O–H groups in total. The van der Waals surface area contributed by atoms with E-state index in [2.05, 4.69) is 11.8 Å². The molecule has 7 heteroatoms. The van der Waals surface area contributed by atoms with Crippen LogP contribution in [-0.2, 0) is 9.47 Å². The number of ether oxygens (including phenoxy) is 2. The molecule has 1 saturated heterocycles. The molecule has 1 heterocycles. The van der Waals surface area contributed by atoms with E-state index in [4.69, 9.17) is 9.47 Å². The van der Waals surface area contributed by atoms with E-state index in [1.54, 1.807) is 14.2 Å². The second-order valence-corrected chi connectivity index (χ2v) is 11.3. The third-order valence-electron chi connectivity index (χ3n) is 10.9. The SMILES string of the molecule is CCN1CC2(COC)CCC(O)C34C5CC6C(OC)CC(O)(C5C6O)C(C(O)C23)C14. The van der Waals surface area contributed by atoms with Gasteiger partial charge >= 0.3 is 0 Å². The Morgan fingerprint density at radius 3 is 2.53 bits per heavy atom. The number of fused-ring (bicyclic) bond motifs is 2. The normalized spacial score (nSPS) is 63.3. The van der Waals surface area contributed by atoms with Crippen LogP contribution >= 0.6 is 0 Å². The lowest BCUT2D eigenvalue weighted by atomic mass is 9.43. The lowest BCUT2D eigenvalue weighted by molar-refractivity contribution is -0.272. The molecule has 0 amide bonds. The summed E-state index contributed by atoms with van der Waals surface area (Å²) in [5.74, 6) is -0.843. The summed E-state index contributed by atoms with van der Waals surface area (Å²) in [7, 11) is 3.38. The van der Waals surface area contributed by atoms with Gasteiger partial charge in [0.05, 0.1) is 36.6 Å². The molecule has 0 aromatic rings. The number of likely N-dealkylation sites (tertiary alicyclic amines) is 1. The lowest BCUT2D eigenvalue weighted by Gasteiger charge is -2.68. The van der Waals surface area contributed by atoms with E-state index in [1.165, 1.54) is 0 Å². The average molecular weight is 424 g/mol. The van der Waals surface area contributed by atoms with Gasteiger partial charge in [0, 0.05) is 67.7 Å². The van der Waals surface area contributed by atoms with Gasteiger partial charge in [0.2, 0.25) is 0 Å². The van der Waals surface area contributed by atoms with Crippen molar-refractivity contribution in [2.24, 2.45) is 40.4 Å². The summed E-state index contributed by atoms with van der Waals surface area (Å²) in [6.07, 6.45) is 0.615. The Bertz CT molecular complexity index is 736. The van der Waals surface area contributed by atoms with Crippen molar-refractivity contribution in [1.29, 1.82) is 0 Å². The largest absolute Gasteiger partial charge is 0.392 e. The van der Waals surface area contributed by atoms with Crippen LogP contribution in [0.15, 0.2) is 0 Å². The van der Waals surface area contributed by atoms with Crippen LogP contribution in [0.3, 0.4) is 0 Å². The first kappa shape index (κ1) is 20.3. The highest BCUT2D eigenvalue weighted by Gasteiger charge is 2.85. The number of aliphatic hydroxyl groups excluding tert-OH is 3. The van der Waals surface area contributed by atoms with E-state index in [-0.39, 0.29) is 47.2 Å². The van der Waals surface area contributed by atoms with Gasteiger partial charge in [-0.3, -0.25) is 4.90 Å².